The molecule has 1 N–H and O–H groups in total. The third kappa shape index (κ3) is 6.83. The lowest BCUT2D eigenvalue weighted by Gasteiger charge is -2.22. The summed E-state index contributed by atoms with van der Waals surface area (Å²) in [7, 11) is 0. The van der Waals surface area contributed by atoms with Crippen molar-refractivity contribution in [3.05, 3.63) is 101 Å². The van der Waals surface area contributed by atoms with E-state index in [0.717, 1.165) is 24.8 Å². The van der Waals surface area contributed by atoms with Crippen LogP contribution in [0, 0.1) is 5.82 Å². The van der Waals surface area contributed by atoms with E-state index in [1.54, 1.807) is 52.0 Å². The second-order valence-electron chi connectivity index (χ2n) is 8.66. The highest BCUT2D eigenvalue weighted by molar-refractivity contribution is 6.30. The topological polar surface area (TPSA) is 67.2 Å². The Balaban J connectivity index is 1.58. The number of amides is 2. The molecule has 0 radical (unpaired) electrons. The van der Waals surface area contributed by atoms with Crippen LogP contribution in [0.1, 0.15) is 36.5 Å². The van der Waals surface area contributed by atoms with Gasteiger partial charge in [0.05, 0.1) is 11.4 Å². The van der Waals surface area contributed by atoms with E-state index in [-0.39, 0.29) is 24.2 Å². The van der Waals surface area contributed by atoms with Gasteiger partial charge in [-0.15, -0.1) is 0 Å². The predicted octanol–water partition coefficient (Wildman–Crippen LogP) is 6.60. The van der Waals surface area contributed by atoms with Crippen LogP contribution in [0.2, 0.25) is 5.02 Å². The van der Waals surface area contributed by atoms with Gasteiger partial charge in [0.15, 0.2) is 0 Å². The molecule has 1 aromatic heterocycles. The molecule has 4 aromatic rings. The van der Waals surface area contributed by atoms with Crippen molar-refractivity contribution in [2.45, 2.75) is 26.2 Å². The number of hydrogen-bond acceptors (Lipinski definition) is 3. The molecule has 2 amide bonds. The Kier molecular flexibility index (Phi) is 8.69. The Morgan fingerprint density at radius 1 is 0.973 bits per heavy atom. The summed E-state index contributed by atoms with van der Waals surface area (Å²) >= 11 is 5.98. The van der Waals surface area contributed by atoms with Crippen LogP contribution >= 0.6 is 11.6 Å². The van der Waals surface area contributed by atoms with Crippen molar-refractivity contribution >= 4 is 29.2 Å². The Morgan fingerprint density at radius 3 is 2.35 bits per heavy atom. The maximum atomic E-state index is 13.5. The number of aromatic nitrogens is 2. The number of carbonyl (C=O) groups is 2. The summed E-state index contributed by atoms with van der Waals surface area (Å²) in [6.45, 7) is 2.41. The first kappa shape index (κ1) is 26.1. The van der Waals surface area contributed by atoms with Gasteiger partial charge < -0.3 is 10.2 Å². The summed E-state index contributed by atoms with van der Waals surface area (Å²) < 4.78 is 15.1. The zero-order chi connectivity index (χ0) is 26.2. The molecule has 6 nitrogen and oxygen atoms in total. The summed E-state index contributed by atoms with van der Waals surface area (Å²) in [5.41, 5.74) is 2.59. The van der Waals surface area contributed by atoms with Gasteiger partial charge in [0, 0.05) is 28.8 Å². The van der Waals surface area contributed by atoms with Crippen molar-refractivity contribution in [3.63, 3.8) is 0 Å². The fraction of sp³-hybridized carbons (Fsp3) is 0.207. The van der Waals surface area contributed by atoms with Crippen molar-refractivity contribution in [2.24, 2.45) is 0 Å². The van der Waals surface area contributed by atoms with Crippen LogP contribution in [0.15, 0.2) is 84.9 Å². The Morgan fingerprint density at radius 2 is 1.68 bits per heavy atom. The maximum absolute atomic E-state index is 13.5. The van der Waals surface area contributed by atoms with Crippen LogP contribution in [0.25, 0.3) is 16.9 Å². The number of unbranched alkanes of at least 4 members (excludes halogenated alkanes) is 2. The number of anilines is 1. The van der Waals surface area contributed by atoms with E-state index in [0.29, 0.717) is 34.3 Å². The Hall–Kier alpha value is -3.97. The molecule has 0 atom stereocenters. The first-order chi connectivity index (χ1) is 17.9. The molecule has 190 valence electrons. The quantitative estimate of drug-likeness (QED) is 0.240. The van der Waals surface area contributed by atoms with Crippen LogP contribution in [-0.4, -0.2) is 39.6 Å². The normalized spacial score (nSPS) is 10.8. The van der Waals surface area contributed by atoms with E-state index >= 15 is 0 Å². The van der Waals surface area contributed by atoms with Crippen LogP contribution in [0.3, 0.4) is 0 Å². The minimum Gasteiger partial charge on any atom is -0.329 e. The molecule has 0 saturated carbocycles. The fourth-order valence-corrected chi connectivity index (χ4v) is 4.06. The van der Waals surface area contributed by atoms with Gasteiger partial charge in [-0.05, 0) is 55.0 Å². The zero-order valence-corrected chi connectivity index (χ0v) is 21.3. The average Bonchev–Trinajstić information content (AvgIpc) is 3.32. The zero-order valence-electron chi connectivity index (χ0n) is 20.5. The van der Waals surface area contributed by atoms with E-state index in [2.05, 4.69) is 17.3 Å². The fourth-order valence-electron chi connectivity index (χ4n) is 3.94. The van der Waals surface area contributed by atoms with Crippen LogP contribution in [0.5, 0.6) is 0 Å². The number of halogens is 2. The van der Waals surface area contributed by atoms with Crippen LogP contribution in [0.4, 0.5) is 10.2 Å². The minimum absolute atomic E-state index is 0.125. The summed E-state index contributed by atoms with van der Waals surface area (Å²) in [6.07, 6.45) is 2.73. The van der Waals surface area contributed by atoms with Gasteiger partial charge >= 0.3 is 0 Å². The maximum Gasteiger partial charge on any atom is 0.254 e. The lowest BCUT2D eigenvalue weighted by Crippen LogP contribution is -2.39. The molecule has 0 aliphatic rings. The number of nitrogens with one attached hydrogen (secondary N) is 1. The highest BCUT2D eigenvalue weighted by atomic mass is 35.5. The minimum atomic E-state index is -0.367. The summed E-state index contributed by atoms with van der Waals surface area (Å²) in [4.78, 5) is 27.9. The molecule has 0 unspecified atom stereocenters. The monoisotopic (exact) mass is 518 g/mol. The van der Waals surface area contributed by atoms with Crippen LogP contribution in [-0.2, 0) is 4.79 Å². The second-order valence-corrected chi connectivity index (χ2v) is 9.09. The summed E-state index contributed by atoms with van der Waals surface area (Å²) in [5.74, 6) is -0.544. The van der Waals surface area contributed by atoms with Crippen LogP contribution < -0.4 is 5.32 Å². The SMILES string of the molecule is CCCCCN(CC(=O)Nc1cc(-c2ccccc2)nn1-c1ccc(F)cc1)C(=O)c1ccc(Cl)cc1. The van der Waals surface area contributed by atoms with E-state index in [1.807, 2.05) is 30.3 Å². The van der Waals surface area contributed by atoms with Gasteiger partial charge in [-0.2, -0.15) is 5.10 Å². The van der Waals surface area contributed by atoms with Gasteiger partial charge in [0.1, 0.15) is 18.2 Å². The van der Waals surface area contributed by atoms with Gasteiger partial charge in [0.2, 0.25) is 5.91 Å². The Bertz CT molecular complexity index is 1340. The molecular weight excluding hydrogens is 491 g/mol. The lowest BCUT2D eigenvalue weighted by molar-refractivity contribution is -0.117. The number of hydrogen-bond donors (Lipinski definition) is 1. The molecule has 0 fully saturated rings. The molecule has 8 heteroatoms. The second kappa shape index (κ2) is 12.3. The molecule has 0 bridgehead atoms. The molecule has 0 aliphatic carbocycles. The third-order valence-electron chi connectivity index (χ3n) is 5.86. The van der Waals surface area contributed by atoms with Gasteiger partial charge in [-0.1, -0.05) is 61.7 Å². The average molecular weight is 519 g/mol. The molecular formula is C29H28ClFN4O2. The molecule has 3 aromatic carbocycles. The molecule has 0 aliphatic heterocycles. The standard InChI is InChI=1S/C29H28ClFN4O2/c1-2-3-7-18-34(29(37)22-10-12-23(30)13-11-22)20-28(36)32-27-19-26(21-8-5-4-6-9-21)33-35(27)25-16-14-24(31)15-17-25/h4-6,8-17,19H,2-3,7,18,20H2,1H3,(H,32,36). The predicted molar refractivity (Wildman–Crippen MR) is 144 cm³/mol. The van der Waals surface area contributed by atoms with E-state index in [1.165, 1.54) is 12.1 Å². The van der Waals surface area contributed by atoms with E-state index in [4.69, 9.17) is 11.6 Å². The molecule has 1 heterocycles. The lowest BCUT2D eigenvalue weighted by atomic mass is 10.1. The number of nitrogens with zero attached hydrogens (tertiary/aromatic N) is 3. The highest BCUT2D eigenvalue weighted by Crippen LogP contribution is 2.25. The number of rotatable bonds is 10. The third-order valence-corrected chi connectivity index (χ3v) is 6.11. The van der Waals surface area contributed by atoms with Crippen molar-refractivity contribution < 1.29 is 14.0 Å². The summed E-state index contributed by atoms with van der Waals surface area (Å²) in [5, 5.41) is 8.09. The number of benzene rings is 3. The molecule has 0 spiro atoms. The van der Waals surface area contributed by atoms with Crippen molar-refractivity contribution in [3.8, 4) is 16.9 Å². The van der Waals surface area contributed by atoms with E-state index < -0.39 is 0 Å². The first-order valence-electron chi connectivity index (χ1n) is 12.2. The smallest absolute Gasteiger partial charge is 0.254 e. The van der Waals surface area contributed by atoms with Gasteiger partial charge in [-0.25, -0.2) is 9.07 Å². The van der Waals surface area contributed by atoms with Crippen molar-refractivity contribution in [1.29, 1.82) is 0 Å². The highest BCUT2D eigenvalue weighted by Gasteiger charge is 2.20. The molecule has 37 heavy (non-hydrogen) atoms. The van der Waals surface area contributed by atoms with Gasteiger partial charge in [0.25, 0.3) is 5.91 Å². The first-order valence-corrected chi connectivity index (χ1v) is 12.6. The van der Waals surface area contributed by atoms with Crippen molar-refractivity contribution in [2.75, 3.05) is 18.4 Å². The van der Waals surface area contributed by atoms with Crippen molar-refractivity contribution in [1.82, 2.24) is 14.7 Å². The van der Waals surface area contributed by atoms with E-state index in [9.17, 15) is 14.0 Å². The molecule has 4 rings (SSSR count). The summed E-state index contributed by atoms with van der Waals surface area (Å²) in [6, 6.07) is 23.8. The largest absolute Gasteiger partial charge is 0.329 e. The van der Waals surface area contributed by atoms with Gasteiger partial charge in [-0.3, -0.25) is 9.59 Å². The molecule has 0 saturated heterocycles. The Labute approximate surface area is 220 Å². The number of carbonyl (C=O) groups excluding carboxylic acids is 2.